The Hall–Kier alpha value is -2.27. The summed E-state index contributed by atoms with van der Waals surface area (Å²) in [6.07, 6.45) is 0.985. The van der Waals surface area contributed by atoms with E-state index in [0.717, 1.165) is 43.0 Å². The predicted molar refractivity (Wildman–Crippen MR) is 97.0 cm³/mol. The van der Waals surface area contributed by atoms with Crippen molar-refractivity contribution in [3.05, 3.63) is 47.2 Å². The Labute approximate surface area is 149 Å². The van der Waals surface area contributed by atoms with Gasteiger partial charge in [0.1, 0.15) is 5.60 Å². The summed E-state index contributed by atoms with van der Waals surface area (Å²) < 4.78 is 5.42. The van der Waals surface area contributed by atoms with Crippen LogP contribution in [0, 0.1) is 6.92 Å². The lowest BCUT2D eigenvalue weighted by atomic mass is 9.95. The van der Waals surface area contributed by atoms with Gasteiger partial charge in [-0.15, -0.1) is 0 Å². The van der Waals surface area contributed by atoms with Crippen LogP contribution in [0.4, 0.5) is 0 Å². The molecule has 0 saturated heterocycles. The van der Waals surface area contributed by atoms with Crippen molar-refractivity contribution in [3.63, 3.8) is 0 Å². The van der Waals surface area contributed by atoms with Crippen molar-refractivity contribution in [2.75, 3.05) is 13.1 Å². The van der Waals surface area contributed by atoms with Crippen LogP contribution in [0.2, 0.25) is 0 Å². The molecule has 0 bridgehead atoms. The number of aromatic nitrogens is 2. The molecule has 5 nitrogen and oxygen atoms in total. The van der Waals surface area contributed by atoms with Crippen LogP contribution < -0.4 is 0 Å². The highest BCUT2D eigenvalue weighted by atomic mass is 16.6. The highest BCUT2D eigenvalue weighted by Crippen LogP contribution is 2.26. The molecule has 132 valence electrons. The summed E-state index contributed by atoms with van der Waals surface area (Å²) in [5, 5.41) is 8.42. The zero-order valence-electron chi connectivity index (χ0n) is 15.4. The molecule has 0 saturated carbocycles. The molecule has 25 heavy (non-hydrogen) atoms. The number of ether oxygens (including phenoxy) is 1. The van der Waals surface area contributed by atoms with Crippen LogP contribution in [0.1, 0.15) is 37.6 Å². The standard InChI is InChI=1S/C20H25N3O2/c1-14-5-8-19(22-21-14)17-6-7-18-12-23(10-9-16(18)11-17)13-20(3,4)25-15(2)24/h5-8,11H,9-10,12-13H2,1-4H3. The summed E-state index contributed by atoms with van der Waals surface area (Å²) in [5.74, 6) is -0.230. The molecular formula is C20H25N3O2. The van der Waals surface area contributed by atoms with Gasteiger partial charge in [0, 0.05) is 32.1 Å². The Balaban J connectivity index is 1.72. The van der Waals surface area contributed by atoms with Gasteiger partial charge >= 0.3 is 5.97 Å². The smallest absolute Gasteiger partial charge is 0.303 e. The first-order chi connectivity index (χ1) is 11.8. The quantitative estimate of drug-likeness (QED) is 0.801. The van der Waals surface area contributed by atoms with Gasteiger partial charge in [0.15, 0.2) is 0 Å². The minimum Gasteiger partial charge on any atom is -0.458 e. The monoisotopic (exact) mass is 339 g/mol. The van der Waals surface area contributed by atoms with Crippen LogP contribution in [0.5, 0.6) is 0 Å². The molecule has 3 rings (SSSR count). The van der Waals surface area contributed by atoms with Crippen molar-refractivity contribution in [2.45, 2.75) is 46.3 Å². The van der Waals surface area contributed by atoms with Gasteiger partial charge in [0.25, 0.3) is 0 Å². The molecule has 0 atom stereocenters. The third kappa shape index (κ3) is 4.42. The van der Waals surface area contributed by atoms with Gasteiger partial charge in [-0.25, -0.2) is 0 Å². The van der Waals surface area contributed by atoms with E-state index in [4.69, 9.17) is 4.74 Å². The molecule has 5 heteroatoms. The molecule has 1 aliphatic rings. The van der Waals surface area contributed by atoms with Crippen molar-refractivity contribution < 1.29 is 9.53 Å². The lowest BCUT2D eigenvalue weighted by Crippen LogP contribution is -2.43. The second-order valence-corrected chi connectivity index (χ2v) is 7.36. The number of hydrogen-bond donors (Lipinski definition) is 0. The number of aryl methyl sites for hydroxylation is 1. The summed E-state index contributed by atoms with van der Waals surface area (Å²) in [5.41, 5.74) is 5.16. The summed E-state index contributed by atoms with van der Waals surface area (Å²) in [6.45, 7) is 9.89. The Morgan fingerprint density at radius 2 is 2.00 bits per heavy atom. The third-order valence-electron chi connectivity index (χ3n) is 4.42. The number of hydrogen-bond acceptors (Lipinski definition) is 5. The highest BCUT2D eigenvalue weighted by Gasteiger charge is 2.27. The maximum absolute atomic E-state index is 11.2. The maximum Gasteiger partial charge on any atom is 0.303 e. The first kappa shape index (κ1) is 17.5. The van der Waals surface area contributed by atoms with E-state index in [9.17, 15) is 4.79 Å². The number of carbonyl (C=O) groups is 1. The van der Waals surface area contributed by atoms with Crippen LogP contribution >= 0.6 is 0 Å². The largest absolute Gasteiger partial charge is 0.458 e. The van der Waals surface area contributed by atoms with Crippen molar-refractivity contribution in [1.82, 2.24) is 15.1 Å². The minimum absolute atomic E-state index is 0.230. The van der Waals surface area contributed by atoms with E-state index in [0.29, 0.717) is 0 Å². The SMILES string of the molecule is CC(=O)OC(C)(C)CN1CCc2cc(-c3ccc(C)nn3)ccc2C1. The maximum atomic E-state index is 11.2. The molecule has 0 N–H and O–H groups in total. The molecule has 0 radical (unpaired) electrons. The van der Waals surface area contributed by atoms with Gasteiger partial charge in [0.2, 0.25) is 0 Å². The van der Waals surface area contributed by atoms with Crippen molar-refractivity contribution >= 4 is 5.97 Å². The highest BCUT2D eigenvalue weighted by molar-refractivity contribution is 5.66. The van der Waals surface area contributed by atoms with E-state index in [-0.39, 0.29) is 5.97 Å². The van der Waals surface area contributed by atoms with Crippen molar-refractivity contribution in [3.8, 4) is 11.3 Å². The molecule has 0 fully saturated rings. The molecule has 0 spiro atoms. The first-order valence-electron chi connectivity index (χ1n) is 8.67. The zero-order chi connectivity index (χ0) is 18.0. The third-order valence-corrected chi connectivity index (χ3v) is 4.42. The number of carbonyl (C=O) groups excluding carboxylic acids is 1. The Kier molecular flexibility index (Phi) is 4.86. The normalized spacial score (nSPS) is 14.9. The van der Waals surface area contributed by atoms with Crippen LogP contribution in [0.3, 0.4) is 0 Å². The van der Waals surface area contributed by atoms with Crippen molar-refractivity contribution in [1.29, 1.82) is 0 Å². The van der Waals surface area contributed by atoms with E-state index >= 15 is 0 Å². The van der Waals surface area contributed by atoms with Gasteiger partial charge in [-0.05, 0) is 56.5 Å². The lowest BCUT2D eigenvalue weighted by molar-refractivity contribution is -0.155. The molecule has 1 aromatic heterocycles. The van der Waals surface area contributed by atoms with Crippen LogP contribution in [-0.2, 0) is 22.5 Å². The molecule has 0 aliphatic carbocycles. The average molecular weight is 339 g/mol. The van der Waals surface area contributed by atoms with E-state index in [2.05, 4.69) is 33.3 Å². The Bertz CT molecular complexity index is 769. The summed E-state index contributed by atoms with van der Waals surface area (Å²) >= 11 is 0. The Morgan fingerprint density at radius 1 is 1.20 bits per heavy atom. The van der Waals surface area contributed by atoms with Crippen LogP contribution in [-0.4, -0.2) is 39.8 Å². The number of fused-ring (bicyclic) bond motifs is 1. The topological polar surface area (TPSA) is 55.3 Å². The molecule has 1 aliphatic heterocycles. The van der Waals surface area contributed by atoms with Gasteiger partial charge in [-0.1, -0.05) is 12.1 Å². The first-order valence-corrected chi connectivity index (χ1v) is 8.67. The fraction of sp³-hybridized carbons (Fsp3) is 0.450. The fourth-order valence-corrected chi connectivity index (χ4v) is 3.42. The molecule has 0 unspecified atom stereocenters. The number of benzene rings is 1. The second kappa shape index (κ2) is 6.92. The molecular weight excluding hydrogens is 314 g/mol. The molecule has 1 aromatic carbocycles. The number of esters is 1. The number of rotatable bonds is 4. The second-order valence-electron chi connectivity index (χ2n) is 7.36. The zero-order valence-corrected chi connectivity index (χ0v) is 15.4. The van der Waals surface area contributed by atoms with Gasteiger partial charge in [-0.3, -0.25) is 9.69 Å². The molecule has 0 amide bonds. The van der Waals surface area contributed by atoms with E-state index in [1.807, 2.05) is 32.9 Å². The van der Waals surface area contributed by atoms with Gasteiger partial charge < -0.3 is 4.74 Å². The fourth-order valence-electron chi connectivity index (χ4n) is 3.42. The predicted octanol–water partition coefficient (Wildman–Crippen LogP) is 3.15. The van der Waals surface area contributed by atoms with Crippen LogP contribution in [0.15, 0.2) is 30.3 Å². The Morgan fingerprint density at radius 3 is 2.68 bits per heavy atom. The van der Waals surface area contributed by atoms with E-state index < -0.39 is 5.60 Å². The summed E-state index contributed by atoms with van der Waals surface area (Å²) in [7, 11) is 0. The average Bonchev–Trinajstić information content (AvgIpc) is 2.53. The minimum atomic E-state index is -0.471. The van der Waals surface area contributed by atoms with Gasteiger partial charge in [-0.2, -0.15) is 10.2 Å². The lowest BCUT2D eigenvalue weighted by Gasteiger charge is -2.35. The molecule has 2 heterocycles. The van der Waals surface area contributed by atoms with E-state index in [1.165, 1.54) is 18.1 Å². The van der Waals surface area contributed by atoms with Crippen LogP contribution in [0.25, 0.3) is 11.3 Å². The summed E-state index contributed by atoms with van der Waals surface area (Å²) in [4.78, 5) is 13.6. The molecule has 2 aromatic rings. The van der Waals surface area contributed by atoms with E-state index in [1.54, 1.807) is 0 Å². The van der Waals surface area contributed by atoms with Gasteiger partial charge in [0.05, 0.1) is 11.4 Å². The van der Waals surface area contributed by atoms with Crippen molar-refractivity contribution in [2.24, 2.45) is 0 Å². The number of nitrogens with zero attached hydrogens (tertiary/aromatic N) is 3. The summed E-state index contributed by atoms with van der Waals surface area (Å²) in [6, 6.07) is 10.5.